The standard InChI is InChI=1S/C23H27N5O6/c1-3-10-26(13-28-15-7-5-4-6-14(15)24-25-28)20(31)18-23-9-8-22(2,34-23)17(21(32)33)16(23)19(30)27(18)11-12-29/h3-7,16-18,29H,1,8-13H2,2H3,(H,32,33)/t16-,17-,18?,22+,23?/m0/s1. The average molecular weight is 469 g/mol. The quantitative estimate of drug-likeness (QED) is 0.525. The maximum atomic E-state index is 14.0. The molecule has 11 heteroatoms. The molecule has 1 aromatic heterocycles. The van der Waals surface area contributed by atoms with Crippen LogP contribution in [-0.4, -0.2) is 89.7 Å². The number of aromatic nitrogens is 3. The van der Waals surface area contributed by atoms with Gasteiger partial charge < -0.3 is 24.7 Å². The number of aliphatic hydroxyl groups is 1. The molecule has 0 saturated carbocycles. The molecule has 4 heterocycles. The van der Waals surface area contributed by atoms with Crippen molar-refractivity contribution in [2.75, 3.05) is 19.7 Å². The lowest BCUT2D eigenvalue weighted by Crippen LogP contribution is -2.56. The summed E-state index contributed by atoms with van der Waals surface area (Å²) in [6.07, 6.45) is 2.39. The first-order chi connectivity index (χ1) is 16.3. The summed E-state index contributed by atoms with van der Waals surface area (Å²) in [5, 5.41) is 27.9. The van der Waals surface area contributed by atoms with Crippen molar-refractivity contribution >= 4 is 28.8 Å². The average Bonchev–Trinajstić information content (AvgIpc) is 3.50. The monoisotopic (exact) mass is 469 g/mol. The second-order valence-corrected chi connectivity index (χ2v) is 9.39. The lowest BCUT2D eigenvalue weighted by molar-refractivity contribution is -0.156. The molecular weight excluding hydrogens is 442 g/mol. The number of hydrogen-bond acceptors (Lipinski definition) is 7. The molecule has 3 aliphatic heterocycles. The molecule has 11 nitrogen and oxygen atoms in total. The molecule has 5 atom stereocenters. The fourth-order valence-electron chi connectivity index (χ4n) is 6.16. The number of nitrogens with zero attached hydrogens (tertiary/aromatic N) is 5. The predicted octanol–water partition coefficient (Wildman–Crippen LogP) is 0.245. The highest BCUT2D eigenvalue weighted by atomic mass is 16.5. The Kier molecular flexibility index (Phi) is 5.21. The highest BCUT2D eigenvalue weighted by Crippen LogP contribution is 2.63. The predicted molar refractivity (Wildman–Crippen MR) is 118 cm³/mol. The van der Waals surface area contributed by atoms with E-state index >= 15 is 0 Å². The second kappa shape index (κ2) is 7.88. The van der Waals surface area contributed by atoms with Gasteiger partial charge in [0.15, 0.2) is 0 Å². The number of benzene rings is 1. The number of β-amino-alcohol motifs (C(OH)–C–C–N with tert-alkyl or cyclic N) is 1. The van der Waals surface area contributed by atoms with Crippen molar-refractivity contribution in [3.63, 3.8) is 0 Å². The lowest BCUT2D eigenvalue weighted by Gasteiger charge is -2.36. The van der Waals surface area contributed by atoms with Crippen LogP contribution in [0.1, 0.15) is 19.8 Å². The van der Waals surface area contributed by atoms with Gasteiger partial charge in [-0.05, 0) is 31.9 Å². The number of ether oxygens (including phenoxy) is 1. The minimum Gasteiger partial charge on any atom is -0.481 e. The molecule has 2 bridgehead atoms. The molecule has 180 valence electrons. The van der Waals surface area contributed by atoms with Crippen LogP contribution in [0.2, 0.25) is 0 Å². The Hall–Kier alpha value is -3.31. The number of aliphatic hydroxyl groups excluding tert-OH is 1. The van der Waals surface area contributed by atoms with E-state index < -0.39 is 46.9 Å². The van der Waals surface area contributed by atoms with Gasteiger partial charge in [0.2, 0.25) is 11.8 Å². The van der Waals surface area contributed by atoms with Crippen molar-refractivity contribution in [3.05, 3.63) is 36.9 Å². The molecule has 3 aliphatic rings. The third-order valence-electron chi connectivity index (χ3n) is 7.50. The Balaban J connectivity index is 1.54. The van der Waals surface area contributed by atoms with Crippen LogP contribution in [0.3, 0.4) is 0 Å². The molecule has 1 spiro atoms. The van der Waals surface area contributed by atoms with E-state index in [0.29, 0.717) is 18.4 Å². The van der Waals surface area contributed by atoms with E-state index in [1.54, 1.807) is 17.7 Å². The van der Waals surface area contributed by atoms with Gasteiger partial charge in [-0.3, -0.25) is 14.4 Å². The Morgan fingerprint density at radius 1 is 1.35 bits per heavy atom. The van der Waals surface area contributed by atoms with Crippen molar-refractivity contribution in [3.8, 4) is 0 Å². The van der Waals surface area contributed by atoms with E-state index in [9.17, 15) is 24.6 Å². The van der Waals surface area contributed by atoms with Crippen molar-refractivity contribution in [2.24, 2.45) is 11.8 Å². The fourth-order valence-corrected chi connectivity index (χ4v) is 6.16. The van der Waals surface area contributed by atoms with Crippen molar-refractivity contribution in [1.29, 1.82) is 0 Å². The number of carbonyl (C=O) groups is 3. The van der Waals surface area contributed by atoms with E-state index in [1.165, 1.54) is 9.80 Å². The highest BCUT2D eigenvalue weighted by Gasteiger charge is 2.78. The molecule has 34 heavy (non-hydrogen) atoms. The summed E-state index contributed by atoms with van der Waals surface area (Å²) in [7, 11) is 0. The van der Waals surface area contributed by atoms with Crippen LogP contribution in [0.15, 0.2) is 36.9 Å². The van der Waals surface area contributed by atoms with Crippen molar-refractivity contribution in [1.82, 2.24) is 24.8 Å². The first-order valence-corrected chi connectivity index (χ1v) is 11.3. The van der Waals surface area contributed by atoms with Gasteiger partial charge in [-0.25, -0.2) is 4.68 Å². The molecular formula is C23H27N5O6. The van der Waals surface area contributed by atoms with Crippen LogP contribution in [-0.2, 0) is 25.8 Å². The second-order valence-electron chi connectivity index (χ2n) is 9.39. The number of likely N-dealkylation sites (tertiary alicyclic amines) is 1. The lowest BCUT2D eigenvalue weighted by atomic mass is 9.66. The summed E-state index contributed by atoms with van der Waals surface area (Å²) in [5.74, 6) is -4.02. The minimum absolute atomic E-state index is 0.0589. The van der Waals surface area contributed by atoms with Gasteiger partial charge in [0, 0.05) is 13.1 Å². The number of fused-ring (bicyclic) bond motifs is 2. The molecule has 2 aromatic rings. The molecule has 2 unspecified atom stereocenters. The van der Waals surface area contributed by atoms with Gasteiger partial charge in [-0.2, -0.15) is 0 Å². The van der Waals surface area contributed by atoms with Crippen molar-refractivity contribution in [2.45, 2.75) is 43.7 Å². The van der Waals surface area contributed by atoms with Gasteiger partial charge in [0.25, 0.3) is 0 Å². The van der Waals surface area contributed by atoms with E-state index in [2.05, 4.69) is 16.9 Å². The van der Waals surface area contributed by atoms with Gasteiger partial charge in [-0.15, -0.1) is 11.7 Å². The maximum Gasteiger partial charge on any atom is 0.310 e. The molecule has 3 fully saturated rings. The van der Waals surface area contributed by atoms with Crippen molar-refractivity contribution < 1.29 is 29.3 Å². The Morgan fingerprint density at radius 2 is 2.12 bits per heavy atom. The normalized spacial score (nSPS) is 31.8. The largest absolute Gasteiger partial charge is 0.481 e. The van der Waals surface area contributed by atoms with E-state index in [-0.39, 0.29) is 26.4 Å². The number of aliphatic carboxylic acids is 1. The molecule has 2 amide bonds. The Bertz CT molecular complexity index is 1180. The van der Waals surface area contributed by atoms with E-state index in [0.717, 1.165) is 5.52 Å². The molecule has 5 rings (SSSR count). The highest BCUT2D eigenvalue weighted by molar-refractivity contribution is 5.98. The zero-order valence-corrected chi connectivity index (χ0v) is 18.8. The van der Waals surface area contributed by atoms with E-state index in [1.807, 2.05) is 24.3 Å². The van der Waals surface area contributed by atoms with Gasteiger partial charge >= 0.3 is 5.97 Å². The summed E-state index contributed by atoms with van der Waals surface area (Å²) >= 11 is 0. The molecule has 2 N–H and O–H groups in total. The number of carboxylic acids is 1. The van der Waals surface area contributed by atoms with Gasteiger partial charge in [-0.1, -0.05) is 23.4 Å². The zero-order valence-electron chi connectivity index (χ0n) is 18.8. The zero-order chi connectivity index (χ0) is 24.3. The minimum atomic E-state index is -1.26. The van der Waals surface area contributed by atoms with Crippen LogP contribution in [0.5, 0.6) is 0 Å². The van der Waals surface area contributed by atoms with Crippen LogP contribution >= 0.6 is 0 Å². The summed E-state index contributed by atoms with van der Waals surface area (Å²) in [4.78, 5) is 42.5. The topological polar surface area (TPSA) is 138 Å². The molecule has 0 radical (unpaired) electrons. The number of amides is 2. The molecule has 1 aromatic carbocycles. The number of rotatable bonds is 8. The molecule has 3 saturated heterocycles. The fraction of sp³-hybridized carbons (Fsp3) is 0.522. The summed E-state index contributed by atoms with van der Waals surface area (Å²) in [6.45, 7) is 5.25. The first kappa shape index (κ1) is 22.5. The maximum absolute atomic E-state index is 14.0. The van der Waals surface area contributed by atoms with Crippen LogP contribution in [0.4, 0.5) is 0 Å². The third-order valence-corrected chi connectivity index (χ3v) is 7.50. The summed E-state index contributed by atoms with van der Waals surface area (Å²) in [5.41, 5.74) is -0.862. The SMILES string of the molecule is C=CCN(Cn1nnc2ccccc21)C(=O)C1N(CCO)C(=O)[C@@H]2[C@@H](C(=O)O)[C@@]3(C)CCC12O3. The van der Waals surface area contributed by atoms with Crippen LogP contribution in [0, 0.1) is 11.8 Å². The Labute approximate surface area is 195 Å². The number of carbonyl (C=O) groups excluding carboxylic acids is 2. The van der Waals surface area contributed by atoms with Gasteiger partial charge in [0.1, 0.15) is 23.8 Å². The van der Waals surface area contributed by atoms with E-state index in [4.69, 9.17) is 4.74 Å². The smallest absolute Gasteiger partial charge is 0.310 e. The summed E-state index contributed by atoms with van der Waals surface area (Å²) < 4.78 is 7.92. The summed E-state index contributed by atoms with van der Waals surface area (Å²) in [6, 6.07) is 6.30. The Morgan fingerprint density at radius 3 is 2.82 bits per heavy atom. The molecule has 0 aliphatic carbocycles. The van der Waals surface area contributed by atoms with Gasteiger partial charge in [0.05, 0.1) is 29.6 Å². The number of hydrogen-bond donors (Lipinski definition) is 2. The van der Waals surface area contributed by atoms with Crippen LogP contribution in [0.25, 0.3) is 11.0 Å². The van der Waals surface area contributed by atoms with Crippen LogP contribution < -0.4 is 0 Å². The number of para-hydroxylation sites is 1. The third kappa shape index (κ3) is 3.00. The number of carboxylic acid groups (broad SMARTS) is 1. The first-order valence-electron chi connectivity index (χ1n) is 11.3.